The summed E-state index contributed by atoms with van der Waals surface area (Å²) in [6.07, 6.45) is 0. The molecule has 0 saturated heterocycles. The van der Waals surface area contributed by atoms with Gasteiger partial charge in [0.15, 0.2) is 0 Å². The van der Waals surface area contributed by atoms with Crippen LogP contribution in [0.25, 0.3) is 0 Å². The van der Waals surface area contributed by atoms with Gasteiger partial charge in [0.25, 0.3) is 0 Å². The predicted molar refractivity (Wildman–Crippen MR) is 115 cm³/mol. The molecule has 2 aromatic carbocycles. The fourth-order valence-corrected chi connectivity index (χ4v) is 5.17. The van der Waals surface area contributed by atoms with Gasteiger partial charge in [-0.3, -0.25) is 0 Å². The molecule has 0 fully saturated rings. The second-order valence-corrected chi connectivity index (χ2v) is 15.4. The summed E-state index contributed by atoms with van der Waals surface area (Å²) < 4.78 is 23.8. The van der Waals surface area contributed by atoms with E-state index in [1.54, 1.807) is 20.3 Å². The molecule has 152 valence electrons. The standard InChI is InChI=1S/C21H28O5SeSi/c1-23-15-26-18-13-16(24-2)14-19(27-17-9-7-6-8-10-17)20(18)21(22)25-11-12-28(3,4)5/h6-10,13-14H,11-12,15H2,1-5H3. The van der Waals surface area contributed by atoms with E-state index in [9.17, 15) is 4.79 Å². The van der Waals surface area contributed by atoms with Crippen LogP contribution in [0, 0.1) is 0 Å². The summed E-state index contributed by atoms with van der Waals surface area (Å²) in [7, 11) is 1.85. The number of benzene rings is 2. The fourth-order valence-electron chi connectivity index (χ4n) is 2.34. The average Bonchev–Trinajstić information content (AvgIpc) is 2.65. The van der Waals surface area contributed by atoms with Crippen molar-refractivity contribution in [3.63, 3.8) is 0 Å². The van der Waals surface area contributed by atoms with E-state index >= 15 is 0 Å². The molecule has 0 unspecified atom stereocenters. The van der Waals surface area contributed by atoms with E-state index in [1.165, 1.54) is 0 Å². The Morgan fingerprint density at radius 3 is 2.39 bits per heavy atom. The summed E-state index contributed by atoms with van der Waals surface area (Å²) in [6.45, 7) is 7.23. The quantitative estimate of drug-likeness (QED) is 0.306. The Balaban J connectivity index is 2.37. The number of esters is 1. The Morgan fingerprint density at radius 1 is 1.07 bits per heavy atom. The van der Waals surface area contributed by atoms with E-state index < -0.39 is 8.07 Å². The zero-order chi connectivity index (χ0) is 20.6. The predicted octanol–water partition coefficient (Wildman–Crippen LogP) is 2.83. The number of rotatable bonds is 10. The van der Waals surface area contributed by atoms with Gasteiger partial charge in [-0.25, -0.2) is 0 Å². The van der Waals surface area contributed by atoms with E-state index in [-0.39, 0.29) is 27.7 Å². The Bertz CT molecular complexity index is 774. The minimum atomic E-state index is -1.29. The van der Waals surface area contributed by atoms with E-state index in [0.29, 0.717) is 23.7 Å². The van der Waals surface area contributed by atoms with Crippen LogP contribution in [0.4, 0.5) is 0 Å². The molecule has 0 saturated carbocycles. The second-order valence-electron chi connectivity index (χ2n) is 7.41. The van der Waals surface area contributed by atoms with E-state index in [1.807, 2.05) is 24.3 Å². The van der Waals surface area contributed by atoms with Gasteiger partial charge in [0.1, 0.15) is 0 Å². The van der Waals surface area contributed by atoms with Crippen LogP contribution < -0.4 is 18.4 Å². The van der Waals surface area contributed by atoms with Gasteiger partial charge >= 0.3 is 174 Å². The average molecular weight is 467 g/mol. The number of methoxy groups -OCH3 is 2. The molecule has 0 amide bonds. The Kier molecular flexibility index (Phi) is 8.57. The third-order valence-corrected chi connectivity index (χ3v) is 7.77. The first-order valence-corrected chi connectivity index (χ1v) is 14.5. The minimum absolute atomic E-state index is 0.0418. The maximum absolute atomic E-state index is 13.0. The van der Waals surface area contributed by atoms with Gasteiger partial charge in [-0.1, -0.05) is 0 Å². The van der Waals surface area contributed by atoms with Crippen LogP contribution in [-0.2, 0) is 9.47 Å². The van der Waals surface area contributed by atoms with Crippen molar-refractivity contribution < 1.29 is 23.7 Å². The third-order valence-electron chi connectivity index (χ3n) is 3.87. The van der Waals surface area contributed by atoms with E-state index in [2.05, 4.69) is 31.8 Å². The molecular weight excluding hydrogens is 439 g/mol. The topological polar surface area (TPSA) is 54.0 Å². The Labute approximate surface area is 174 Å². The molecule has 7 heteroatoms. The number of hydrogen-bond acceptors (Lipinski definition) is 5. The van der Waals surface area contributed by atoms with Crippen LogP contribution in [0.15, 0.2) is 42.5 Å². The summed E-state index contributed by atoms with van der Waals surface area (Å²) in [5.74, 6) is 0.699. The molecule has 0 N–H and O–H groups in total. The number of hydrogen-bond donors (Lipinski definition) is 0. The SMILES string of the molecule is COCOc1cc(OC)cc([Se]c2ccccc2)c1C(=O)OCC[Si](C)(C)C. The van der Waals surface area contributed by atoms with Crippen molar-refractivity contribution in [3.8, 4) is 11.5 Å². The first-order valence-electron chi connectivity index (χ1n) is 9.08. The first kappa shape index (κ1) is 22.5. The molecule has 0 spiro atoms. The molecule has 2 aromatic rings. The van der Waals surface area contributed by atoms with Crippen LogP contribution in [0.3, 0.4) is 0 Å². The monoisotopic (exact) mass is 468 g/mol. The van der Waals surface area contributed by atoms with Crippen molar-refractivity contribution in [2.75, 3.05) is 27.6 Å². The third kappa shape index (κ3) is 6.98. The molecular formula is C21H28O5SeSi. The summed E-state index contributed by atoms with van der Waals surface area (Å²) >= 11 is -0.103. The van der Waals surface area contributed by atoms with Crippen LogP contribution in [-0.4, -0.2) is 56.6 Å². The summed E-state index contributed by atoms with van der Waals surface area (Å²) in [5.41, 5.74) is 0.456. The van der Waals surface area contributed by atoms with Crippen molar-refractivity contribution in [1.29, 1.82) is 0 Å². The molecule has 2 rings (SSSR count). The molecule has 0 aliphatic heterocycles. The van der Waals surface area contributed by atoms with Crippen molar-refractivity contribution >= 4 is 37.9 Å². The molecule has 0 radical (unpaired) electrons. The normalized spacial score (nSPS) is 11.2. The maximum atomic E-state index is 13.0. The molecule has 0 aromatic heterocycles. The van der Waals surface area contributed by atoms with Crippen molar-refractivity contribution in [1.82, 2.24) is 0 Å². The number of carbonyl (C=O) groups excluding carboxylic acids is 1. The van der Waals surface area contributed by atoms with Crippen LogP contribution in [0.1, 0.15) is 10.4 Å². The number of carbonyl (C=O) groups is 1. The van der Waals surface area contributed by atoms with Crippen LogP contribution in [0.2, 0.25) is 25.7 Å². The van der Waals surface area contributed by atoms with Crippen molar-refractivity contribution in [2.45, 2.75) is 25.7 Å². The van der Waals surface area contributed by atoms with Gasteiger partial charge in [-0.05, 0) is 0 Å². The zero-order valence-corrected chi connectivity index (χ0v) is 19.8. The summed E-state index contributed by atoms with van der Waals surface area (Å²) in [5, 5.41) is 0. The molecule has 5 nitrogen and oxygen atoms in total. The van der Waals surface area contributed by atoms with Gasteiger partial charge in [-0.15, -0.1) is 0 Å². The Morgan fingerprint density at radius 2 is 1.79 bits per heavy atom. The fraction of sp³-hybridized carbons (Fsp3) is 0.381. The van der Waals surface area contributed by atoms with Crippen LogP contribution >= 0.6 is 0 Å². The Hall–Kier alpha value is -1.79. The van der Waals surface area contributed by atoms with Gasteiger partial charge < -0.3 is 0 Å². The molecule has 0 heterocycles. The van der Waals surface area contributed by atoms with Gasteiger partial charge in [0, 0.05) is 0 Å². The first-order chi connectivity index (χ1) is 13.3. The van der Waals surface area contributed by atoms with Crippen molar-refractivity contribution in [2.24, 2.45) is 0 Å². The summed E-state index contributed by atoms with van der Waals surface area (Å²) in [4.78, 5) is 13.0. The van der Waals surface area contributed by atoms with Gasteiger partial charge in [0.05, 0.1) is 0 Å². The van der Waals surface area contributed by atoms with Gasteiger partial charge in [0.2, 0.25) is 0 Å². The van der Waals surface area contributed by atoms with Crippen LogP contribution in [0.5, 0.6) is 11.5 Å². The molecule has 0 atom stereocenters. The summed E-state index contributed by atoms with van der Waals surface area (Å²) in [6, 6.07) is 14.6. The van der Waals surface area contributed by atoms with Gasteiger partial charge in [-0.2, -0.15) is 0 Å². The molecule has 0 aliphatic rings. The number of ether oxygens (including phenoxy) is 4. The molecule has 0 bridgehead atoms. The van der Waals surface area contributed by atoms with E-state index in [0.717, 1.165) is 15.0 Å². The second kappa shape index (κ2) is 10.7. The van der Waals surface area contributed by atoms with E-state index in [4.69, 9.17) is 18.9 Å². The zero-order valence-electron chi connectivity index (χ0n) is 17.1. The molecule has 0 aliphatic carbocycles. The molecule has 28 heavy (non-hydrogen) atoms. The van der Waals surface area contributed by atoms with Crippen molar-refractivity contribution in [3.05, 3.63) is 48.0 Å².